The lowest BCUT2D eigenvalue weighted by molar-refractivity contribution is 0.198. The number of nitrogens with zero attached hydrogens (tertiary/aromatic N) is 5. The fourth-order valence-electron chi connectivity index (χ4n) is 4.71. The topological polar surface area (TPSA) is 79.1 Å². The van der Waals surface area contributed by atoms with Crippen molar-refractivity contribution in [2.75, 3.05) is 31.1 Å². The van der Waals surface area contributed by atoms with Crippen molar-refractivity contribution in [2.45, 2.75) is 58.7 Å². The fourth-order valence-corrected chi connectivity index (χ4v) is 4.71. The molecule has 2 saturated heterocycles. The summed E-state index contributed by atoms with van der Waals surface area (Å²) in [6, 6.07) is 6.09. The maximum absolute atomic E-state index is 14.6. The van der Waals surface area contributed by atoms with Crippen molar-refractivity contribution in [2.24, 2.45) is 0 Å². The van der Waals surface area contributed by atoms with E-state index in [0.29, 0.717) is 24.7 Å². The van der Waals surface area contributed by atoms with E-state index >= 15 is 0 Å². The lowest BCUT2D eigenvalue weighted by Gasteiger charge is -2.28. The van der Waals surface area contributed by atoms with E-state index in [1.165, 1.54) is 0 Å². The highest BCUT2D eigenvalue weighted by atomic mass is 19.1. The molecular weight excluding hydrogens is 407 g/mol. The third kappa shape index (κ3) is 4.34. The van der Waals surface area contributed by atoms with E-state index < -0.39 is 6.17 Å². The molecule has 7 nitrogen and oxygen atoms in total. The van der Waals surface area contributed by atoms with E-state index in [-0.39, 0.29) is 12.0 Å². The Hall–Kier alpha value is -2.58. The number of hydrogen-bond donors (Lipinski definition) is 2. The van der Waals surface area contributed by atoms with Crippen LogP contribution in [-0.4, -0.2) is 63.3 Å². The van der Waals surface area contributed by atoms with Gasteiger partial charge >= 0.3 is 0 Å². The Labute approximate surface area is 188 Å². The number of alkyl halides is 1. The predicted molar refractivity (Wildman–Crippen MR) is 125 cm³/mol. The molecule has 1 aromatic carbocycles. The lowest BCUT2D eigenvalue weighted by Crippen LogP contribution is -2.36. The second-order valence-corrected chi connectivity index (χ2v) is 8.46. The van der Waals surface area contributed by atoms with Crippen molar-refractivity contribution in [1.82, 2.24) is 25.1 Å². The Kier molecular flexibility index (Phi) is 6.71. The van der Waals surface area contributed by atoms with Crippen LogP contribution in [0.5, 0.6) is 0 Å². The minimum Gasteiger partial charge on any atom is -0.391 e. The normalized spacial score (nSPS) is 23.3. The Bertz CT molecular complexity index is 1080. The van der Waals surface area contributed by atoms with Gasteiger partial charge in [0.2, 0.25) is 0 Å². The van der Waals surface area contributed by atoms with Crippen molar-refractivity contribution in [3.63, 3.8) is 0 Å². The molecule has 8 heteroatoms. The first-order valence-electron chi connectivity index (χ1n) is 11.6. The van der Waals surface area contributed by atoms with Crippen LogP contribution in [0.1, 0.15) is 49.6 Å². The van der Waals surface area contributed by atoms with E-state index in [1.807, 2.05) is 44.6 Å². The van der Waals surface area contributed by atoms with Gasteiger partial charge in [-0.1, -0.05) is 13.8 Å². The average molecular weight is 441 g/mol. The van der Waals surface area contributed by atoms with Gasteiger partial charge in [-0.2, -0.15) is 5.10 Å². The summed E-state index contributed by atoms with van der Waals surface area (Å²) in [5, 5.41) is 18.6. The van der Waals surface area contributed by atoms with Gasteiger partial charge in [-0.15, -0.1) is 0 Å². The van der Waals surface area contributed by atoms with E-state index in [9.17, 15) is 9.50 Å². The van der Waals surface area contributed by atoms with E-state index in [2.05, 4.69) is 37.4 Å². The third-order valence-corrected chi connectivity index (χ3v) is 6.28. The molecular formula is C24H33FN6O. The second-order valence-electron chi connectivity index (χ2n) is 8.46. The molecule has 0 saturated carbocycles. The van der Waals surface area contributed by atoms with Crippen molar-refractivity contribution in [1.29, 1.82) is 0 Å². The van der Waals surface area contributed by atoms with Crippen molar-refractivity contribution in [3.05, 3.63) is 41.3 Å². The molecule has 172 valence electrons. The van der Waals surface area contributed by atoms with E-state index in [1.54, 1.807) is 0 Å². The van der Waals surface area contributed by atoms with Gasteiger partial charge in [0.1, 0.15) is 17.8 Å². The third-order valence-electron chi connectivity index (χ3n) is 6.28. The maximum Gasteiger partial charge on any atom is 0.159 e. The average Bonchev–Trinajstić information content (AvgIpc) is 3.40. The van der Waals surface area contributed by atoms with Gasteiger partial charge in [-0.3, -0.25) is 0 Å². The van der Waals surface area contributed by atoms with Crippen molar-refractivity contribution >= 4 is 16.7 Å². The van der Waals surface area contributed by atoms with Gasteiger partial charge in [0.25, 0.3) is 0 Å². The number of fused-ring (bicyclic) bond motifs is 1. The molecule has 2 aliphatic heterocycles. The molecule has 3 aromatic rings. The highest BCUT2D eigenvalue weighted by Crippen LogP contribution is 2.33. The number of halogens is 1. The first-order valence-corrected chi connectivity index (χ1v) is 11.6. The Morgan fingerprint density at radius 3 is 2.59 bits per heavy atom. The number of nitrogens with one attached hydrogen (secondary N) is 1. The summed E-state index contributed by atoms with van der Waals surface area (Å²) in [7, 11) is 0. The van der Waals surface area contributed by atoms with Crippen LogP contribution in [0, 0.1) is 13.8 Å². The van der Waals surface area contributed by atoms with Crippen LogP contribution < -0.4 is 10.2 Å². The standard InChI is InChI=1S/C22H27FN6O.C2H6/c1-13-7-15-10-25-29(20(15)8-18(13)17-3-5-24-11-19(17)23)22-9-21(26-14(2)27-22)28-6-4-16(30)12-28;1-2/h7-10,16-17,19,24,30H,3-6,11-12H2,1-2H3;1-2H3. The molecule has 3 unspecified atom stereocenters. The highest BCUT2D eigenvalue weighted by Gasteiger charge is 2.28. The molecule has 32 heavy (non-hydrogen) atoms. The molecule has 2 aliphatic rings. The summed E-state index contributed by atoms with van der Waals surface area (Å²) in [5.74, 6) is 2.04. The summed E-state index contributed by atoms with van der Waals surface area (Å²) >= 11 is 0. The van der Waals surface area contributed by atoms with Gasteiger partial charge in [0.05, 0.1) is 17.8 Å². The van der Waals surface area contributed by atoms with Gasteiger partial charge in [-0.25, -0.2) is 19.0 Å². The van der Waals surface area contributed by atoms with E-state index in [0.717, 1.165) is 53.8 Å². The number of β-amino-alcohol motifs (C(OH)–C–C–N with tert-alkyl or cyclic N) is 1. The highest BCUT2D eigenvalue weighted by molar-refractivity contribution is 5.82. The summed E-state index contributed by atoms with van der Waals surface area (Å²) < 4.78 is 16.5. The number of benzene rings is 1. The van der Waals surface area contributed by atoms with Crippen LogP contribution in [0.2, 0.25) is 0 Å². The second kappa shape index (κ2) is 9.50. The quantitative estimate of drug-likeness (QED) is 0.650. The number of aliphatic hydroxyl groups excluding tert-OH is 1. The fraction of sp³-hybridized carbons (Fsp3) is 0.542. The van der Waals surface area contributed by atoms with Crippen LogP contribution in [0.3, 0.4) is 0 Å². The monoisotopic (exact) mass is 440 g/mol. The molecule has 0 aliphatic carbocycles. The number of aliphatic hydroxyl groups is 1. The summed E-state index contributed by atoms with van der Waals surface area (Å²) in [5.41, 5.74) is 3.07. The van der Waals surface area contributed by atoms with Crippen LogP contribution in [-0.2, 0) is 0 Å². The molecule has 5 rings (SSSR count). The van der Waals surface area contributed by atoms with E-state index in [4.69, 9.17) is 0 Å². The van der Waals surface area contributed by atoms with Crippen molar-refractivity contribution in [3.8, 4) is 5.82 Å². The lowest BCUT2D eigenvalue weighted by atomic mass is 9.85. The first kappa shape index (κ1) is 22.6. The zero-order chi connectivity index (χ0) is 22.8. The number of rotatable bonds is 3. The molecule has 0 radical (unpaired) electrons. The maximum atomic E-state index is 14.6. The Morgan fingerprint density at radius 2 is 1.88 bits per heavy atom. The van der Waals surface area contributed by atoms with Gasteiger partial charge in [-0.05, 0) is 56.5 Å². The summed E-state index contributed by atoms with van der Waals surface area (Å²) in [6.45, 7) is 10.5. The number of piperidine rings is 1. The molecule has 0 spiro atoms. The molecule has 3 atom stereocenters. The largest absolute Gasteiger partial charge is 0.391 e. The number of aromatic nitrogens is 4. The zero-order valence-corrected chi connectivity index (χ0v) is 19.3. The first-order chi connectivity index (χ1) is 15.5. The van der Waals surface area contributed by atoms with Gasteiger partial charge < -0.3 is 15.3 Å². The molecule has 2 N–H and O–H groups in total. The van der Waals surface area contributed by atoms with Crippen LogP contribution in [0.15, 0.2) is 24.4 Å². The number of anilines is 1. The number of hydrogen-bond acceptors (Lipinski definition) is 6. The Balaban J connectivity index is 0.00000119. The molecule has 4 heterocycles. The molecule has 2 aromatic heterocycles. The van der Waals surface area contributed by atoms with Crippen molar-refractivity contribution < 1.29 is 9.50 Å². The predicted octanol–water partition coefficient (Wildman–Crippen LogP) is 3.44. The minimum atomic E-state index is -0.888. The summed E-state index contributed by atoms with van der Waals surface area (Å²) in [4.78, 5) is 11.3. The van der Waals surface area contributed by atoms with Crippen LogP contribution in [0.25, 0.3) is 16.7 Å². The summed E-state index contributed by atoms with van der Waals surface area (Å²) in [6.07, 6.45) is 2.15. The van der Waals surface area contributed by atoms with Gasteiger partial charge in [0.15, 0.2) is 5.82 Å². The zero-order valence-electron chi connectivity index (χ0n) is 19.3. The van der Waals surface area contributed by atoms with Gasteiger partial charge in [0, 0.05) is 37.0 Å². The molecule has 0 bridgehead atoms. The smallest absolute Gasteiger partial charge is 0.159 e. The SMILES string of the molecule is CC.Cc1nc(N2CCC(O)C2)cc(-n2ncc3cc(C)c(C4CCNCC4F)cc32)n1. The minimum absolute atomic E-state index is 0.104. The van der Waals surface area contributed by atoms with Crippen LogP contribution in [0.4, 0.5) is 10.2 Å². The molecule has 0 amide bonds. The van der Waals surface area contributed by atoms with Crippen LogP contribution >= 0.6 is 0 Å². The molecule has 2 fully saturated rings. The Morgan fingerprint density at radius 1 is 1.09 bits per heavy atom. The number of aryl methyl sites for hydroxylation is 2.